The van der Waals surface area contributed by atoms with Crippen LogP contribution in [-0.2, 0) is 11.3 Å². The molecule has 1 aliphatic carbocycles. The fourth-order valence-corrected chi connectivity index (χ4v) is 3.85. The third-order valence-corrected chi connectivity index (χ3v) is 5.26. The van der Waals surface area contributed by atoms with E-state index >= 15 is 0 Å². The standard InChI is InChI=1S/C18H22N4O4/c1-24-10-15-19-14(8-16(20-15)25-2)21-18-6-5-12(18)9-22(11-18)17(23)13-4-3-7-26-13/h3-4,7-8,12H,5-6,9-11H2,1-2H3,(H,19,20,21). The molecule has 0 aromatic carbocycles. The molecule has 4 rings (SSSR count). The van der Waals surface area contributed by atoms with Gasteiger partial charge in [-0.2, -0.15) is 4.98 Å². The second kappa shape index (κ2) is 6.60. The van der Waals surface area contributed by atoms with Crippen LogP contribution in [0, 0.1) is 5.92 Å². The van der Waals surface area contributed by atoms with Crippen molar-refractivity contribution in [2.24, 2.45) is 5.92 Å². The van der Waals surface area contributed by atoms with Gasteiger partial charge in [0.15, 0.2) is 11.6 Å². The fourth-order valence-electron chi connectivity index (χ4n) is 3.85. The van der Waals surface area contributed by atoms with Crippen molar-refractivity contribution in [1.82, 2.24) is 14.9 Å². The van der Waals surface area contributed by atoms with E-state index in [4.69, 9.17) is 13.9 Å². The topological polar surface area (TPSA) is 89.7 Å². The molecule has 1 amide bonds. The summed E-state index contributed by atoms with van der Waals surface area (Å²) in [4.78, 5) is 23.3. The number of aromatic nitrogens is 2. The first-order valence-corrected chi connectivity index (χ1v) is 8.65. The number of methoxy groups -OCH3 is 2. The molecular formula is C18H22N4O4. The minimum Gasteiger partial charge on any atom is -0.481 e. The van der Waals surface area contributed by atoms with Gasteiger partial charge in [0, 0.05) is 32.2 Å². The summed E-state index contributed by atoms with van der Waals surface area (Å²) in [5, 5.41) is 3.55. The Kier molecular flexibility index (Phi) is 4.28. The zero-order chi connectivity index (χ0) is 18.1. The van der Waals surface area contributed by atoms with Crippen LogP contribution in [0.25, 0.3) is 0 Å². The summed E-state index contributed by atoms with van der Waals surface area (Å²) in [6, 6.07) is 5.21. The maximum absolute atomic E-state index is 12.6. The number of hydrogen-bond acceptors (Lipinski definition) is 7. The molecule has 2 atom stereocenters. The number of nitrogens with zero attached hydrogens (tertiary/aromatic N) is 3. The molecule has 2 aliphatic rings. The molecule has 2 aromatic rings. The fraction of sp³-hybridized carbons (Fsp3) is 0.500. The number of furan rings is 1. The molecule has 0 radical (unpaired) electrons. The maximum atomic E-state index is 12.6. The van der Waals surface area contributed by atoms with Gasteiger partial charge >= 0.3 is 0 Å². The molecule has 3 heterocycles. The normalized spacial score (nSPS) is 24.1. The highest BCUT2D eigenvalue weighted by molar-refractivity contribution is 5.91. The lowest BCUT2D eigenvalue weighted by Gasteiger charge is -2.44. The molecule has 1 N–H and O–H groups in total. The van der Waals surface area contributed by atoms with E-state index in [0.717, 1.165) is 19.4 Å². The third-order valence-electron chi connectivity index (χ3n) is 5.26. The first-order valence-electron chi connectivity index (χ1n) is 8.65. The zero-order valence-electron chi connectivity index (χ0n) is 14.9. The van der Waals surface area contributed by atoms with Crippen LogP contribution in [0.2, 0.25) is 0 Å². The number of anilines is 1. The monoisotopic (exact) mass is 358 g/mol. The predicted octanol–water partition coefficient (Wildman–Crippen LogP) is 1.94. The molecule has 26 heavy (non-hydrogen) atoms. The van der Waals surface area contributed by atoms with Crippen LogP contribution in [0.15, 0.2) is 28.9 Å². The second-order valence-electron chi connectivity index (χ2n) is 6.82. The Morgan fingerprint density at radius 1 is 1.46 bits per heavy atom. The van der Waals surface area contributed by atoms with Crippen LogP contribution in [0.4, 0.5) is 5.82 Å². The van der Waals surface area contributed by atoms with Crippen molar-refractivity contribution in [2.45, 2.75) is 25.0 Å². The van der Waals surface area contributed by atoms with Crippen molar-refractivity contribution in [2.75, 3.05) is 32.6 Å². The van der Waals surface area contributed by atoms with Crippen molar-refractivity contribution in [1.29, 1.82) is 0 Å². The van der Waals surface area contributed by atoms with Gasteiger partial charge in [0.05, 0.1) is 18.9 Å². The molecule has 2 unspecified atom stereocenters. The van der Waals surface area contributed by atoms with Crippen molar-refractivity contribution in [3.8, 4) is 5.88 Å². The number of amides is 1. The number of likely N-dealkylation sites (tertiary alicyclic amines) is 1. The van der Waals surface area contributed by atoms with Crippen LogP contribution < -0.4 is 10.1 Å². The number of carbonyl (C=O) groups is 1. The molecular weight excluding hydrogens is 336 g/mol. The Morgan fingerprint density at radius 2 is 2.35 bits per heavy atom. The van der Waals surface area contributed by atoms with Gasteiger partial charge in [-0.15, -0.1) is 0 Å². The Labute approximate surface area is 151 Å². The average Bonchev–Trinajstić information content (AvgIpc) is 3.24. The lowest BCUT2D eigenvalue weighted by molar-refractivity contribution is 0.0754. The molecule has 0 bridgehead atoms. The molecule has 0 spiro atoms. The first kappa shape index (κ1) is 16.8. The van der Waals surface area contributed by atoms with Crippen molar-refractivity contribution < 1.29 is 18.7 Å². The van der Waals surface area contributed by atoms with Crippen LogP contribution in [0.5, 0.6) is 5.88 Å². The number of nitrogens with one attached hydrogen (secondary N) is 1. The summed E-state index contributed by atoms with van der Waals surface area (Å²) in [5.74, 6) is 2.46. The van der Waals surface area contributed by atoms with Crippen LogP contribution in [0.1, 0.15) is 29.2 Å². The highest BCUT2D eigenvalue weighted by Crippen LogP contribution is 2.47. The summed E-state index contributed by atoms with van der Waals surface area (Å²) in [6.07, 6.45) is 3.60. The first-order chi connectivity index (χ1) is 12.6. The van der Waals surface area contributed by atoms with E-state index in [9.17, 15) is 4.79 Å². The smallest absolute Gasteiger partial charge is 0.289 e. The SMILES string of the molecule is COCc1nc(NC23CCC2CN(C(=O)c2ccco2)C3)cc(OC)n1. The van der Waals surface area contributed by atoms with Crippen molar-refractivity contribution in [3.05, 3.63) is 36.0 Å². The van der Waals surface area contributed by atoms with Crippen LogP contribution in [0.3, 0.4) is 0 Å². The summed E-state index contributed by atoms with van der Waals surface area (Å²) in [5.41, 5.74) is -0.161. The molecule has 2 fully saturated rings. The minimum atomic E-state index is -0.161. The second-order valence-corrected chi connectivity index (χ2v) is 6.82. The van der Waals surface area contributed by atoms with Crippen molar-refractivity contribution in [3.63, 3.8) is 0 Å². The van der Waals surface area contributed by atoms with Crippen molar-refractivity contribution >= 4 is 11.7 Å². The molecule has 8 heteroatoms. The molecule has 1 saturated carbocycles. The average molecular weight is 358 g/mol. The van der Waals surface area contributed by atoms with Gasteiger partial charge in [-0.3, -0.25) is 4.79 Å². The van der Waals surface area contributed by atoms with E-state index in [0.29, 0.717) is 42.4 Å². The Hall–Kier alpha value is -2.61. The van der Waals surface area contributed by atoms with Gasteiger partial charge in [0.2, 0.25) is 5.88 Å². The van der Waals surface area contributed by atoms with Gasteiger partial charge in [0.1, 0.15) is 12.4 Å². The Bertz CT molecular complexity index is 794. The summed E-state index contributed by atoms with van der Waals surface area (Å²) in [6.45, 7) is 1.66. The minimum absolute atomic E-state index is 0.0640. The van der Waals surface area contributed by atoms with Gasteiger partial charge in [-0.1, -0.05) is 0 Å². The molecule has 2 aromatic heterocycles. The molecule has 1 saturated heterocycles. The van der Waals surface area contributed by atoms with Gasteiger partial charge < -0.3 is 24.1 Å². The van der Waals surface area contributed by atoms with E-state index in [-0.39, 0.29) is 11.4 Å². The number of fused-ring (bicyclic) bond motifs is 1. The molecule has 1 aliphatic heterocycles. The number of ether oxygens (including phenoxy) is 2. The van der Waals surface area contributed by atoms with E-state index in [1.807, 2.05) is 4.90 Å². The summed E-state index contributed by atoms with van der Waals surface area (Å²) >= 11 is 0. The lowest BCUT2D eigenvalue weighted by atomic mass is 9.69. The summed E-state index contributed by atoms with van der Waals surface area (Å²) in [7, 11) is 3.18. The third kappa shape index (κ3) is 2.90. The van der Waals surface area contributed by atoms with Gasteiger partial charge in [-0.25, -0.2) is 4.98 Å². The van der Waals surface area contributed by atoms with E-state index < -0.39 is 0 Å². The number of rotatable bonds is 6. The Balaban J connectivity index is 1.53. The Morgan fingerprint density at radius 3 is 3.00 bits per heavy atom. The quantitative estimate of drug-likeness (QED) is 0.844. The van der Waals surface area contributed by atoms with E-state index in [1.165, 1.54) is 6.26 Å². The van der Waals surface area contributed by atoms with Gasteiger partial charge in [0.25, 0.3) is 5.91 Å². The van der Waals surface area contributed by atoms with E-state index in [2.05, 4.69) is 15.3 Å². The zero-order valence-corrected chi connectivity index (χ0v) is 14.9. The lowest BCUT2D eigenvalue weighted by Crippen LogP contribution is -2.53. The van der Waals surface area contributed by atoms with Gasteiger partial charge in [-0.05, 0) is 25.0 Å². The van der Waals surface area contributed by atoms with E-state index in [1.54, 1.807) is 32.4 Å². The number of carbonyl (C=O) groups excluding carboxylic acids is 1. The summed E-state index contributed by atoms with van der Waals surface area (Å²) < 4.78 is 15.7. The predicted molar refractivity (Wildman–Crippen MR) is 93.0 cm³/mol. The van der Waals surface area contributed by atoms with Crippen LogP contribution >= 0.6 is 0 Å². The molecule has 138 valence electrons. The number of hydrogen-bond donors (Lipinski definition) is 1. The highest BCUT2D eigenvalue weighted by atomic mass is 16.5. The largest absolute Gasteiger partial charge is 0.481 e. The highest BCUT2D eigenvalue weighted by Gasteiger charge is 2.54. The van der Waals surface area contributed by atoms with Crippen LogP contribution in [-0.4, -0.2) is 53.6 Å². The maximum Gasteiger partial charge on any atom is 0.289 e. The molecule has 8 nitrogen and oxygen atoms in total.